The topological polar surface area (TPSA) is 88.9 Å². The van der Waals surface area contributed by atoms with Gasteiger partial charge in [-0.3, -0.25) is 9.59 Å². The fraction of sp³-hybridized carbons (Fsp3) is 0.350. The van der Waals surface area contributed by atoms with E-state index in [9.17, 15) is 14.4 Å². The lowest BCUT2D eigenvalue weighted by Gasteiger charge is -2.16. The minimum Gasteiger partial charge on any atom is -0.465 e. The highest BCUT2D eigenvalue weighted by atomic mass is 16.5. The van der Waals surface area contributed by atoms with Crippen LogP contribution in [0.4, 0.5) is 5.69 Å². The molecule has 0 atom stereocenters. The number of fused-ring (bicyclic) bond motifs is 1. The van der Waals surface area contributed by atoms with Crippen molar-refractivity contribution < 1.29 is 23.5 Å². The van der Waals surface area contributed by atoms with Gasteiger partial charge >= 0.3 is 5.97 Å². The van der Waals surface area contributed by atoms with E-state index < -0.39 is 5.97 Å². The first-order chi connectivity index (χ1) is 12.9. The Kier molecular flexibility index (Phi) is 5.30. The van der Waals surface area contributed by atoms with Gasteiger partial charge in [-0.05, 0) is 43.2 Å². The maximum absolute atomic E-state index is 12.4. The zero-order valence-electron chi connectivity index (χ0n) is 15.6. The van der Waals surface area contributed by atoms with Gasteiger partial charge in [0, 0.05) is 24.2 Å². The monoisotopic (exact) mass is 370 g/mol. The lowest BCUT2D eigenvalue weighted by Crippen LogP contribution is -2.27. The van der Waals surface area contributed by atoms with E-state index in [1.54, 1.807) is 24.0 Å². The normalized spacial score (nSPS) is 12.6. The van der Waals surface area contributed by atoms with Gasteiger partial charge in [-0.15, -0.1) is 0 Å². The van der Waals surface area contributed by atoms with Crippen LogP contribution in [-0.2, 0) is 22.5 Å². The van der Waals surface area contributed by atoms with Crippen LogP contribution >= 0.6 is 0 Å². The first-order valence-electron chi connectivity index (χ1n) is 8.83. The molecule has 1 aromatic heterocycles. The Morgan fingerprint density at radius 2 is 2.04 bits per heavy atom. The number of carbonyl (C=O) groups excluding carboxylic acids is 3. The zero-order chi connectivity index (χ0) is 19.6. The number of hydrogen-bond acceptors (Lipinski definition) is 5. The maximum Gasteiger partial charge on any atom is 0.341 e. The fourth-order valence-corrected chi connectivity index (χ4v) is 3.21. The average Bonchev–Trinajstić information content (AvgIpc) is 3.27. The molecule has 0 bridgehead atoms. The molecule has 0 fully saturated rings. The smallest absolute Gasteiger partial charge is 0.341 e. The van der Waals surface area contributed by atoms with Crippen molar-refractivity contribution in [1.82, 2.24) is 5.32 Å². The molecule has 3 rings (SSSR count). The quantitative estimate of drug-likeness (QED) is 0.817. The maximum atomic E-state index is 12.4. The number of nitrogens with zero attached hydrogens (tertiary/aromatic N) is 1. The highest BCUT2D eigenvalue weighted by molar-refractivity contribution is 5.98. The van der Waals surface area contributed by atoms with Gasteiger partial charge in [-0.1, -0.05) is 6.92 Å². The lowest BCUT2D eigenvalue weighted by atomic mass is 10.1. The first kappa shape index (κ1) is 18.7. The molecule has 2 amide bonds. The average molecular weight is 370 g/mol. The third-order valence-electron chi connectivity index (χ3n) is 4.64. The van der Waals surface area contributed by atoms with E-state index in [1.807, 2.05) is 19.1 Å². The van der Waals surface area contributed by atoms with Crippen LogP contribution < -0.4 is 10.2 Å². The molecule has 0 saturated heterocycles. The summed E-state index contributed by atoms with van der Waals surface area (Å²) in [6, 6.07) is 6.92. The van der Waals surface area contributed by atoms with Crippen LogP contribution in [0.2, 0.25) is 0 Å². The summed E-state index contributed by atoms with van der Waals surface area (Å²) < 4.78 is 10.2. The third kappa shape index (κ3) is 3.72. The number of anilines is 1. The summed E-state index contributed by atoms with van der Waals surface area (Å²) in [6.45, 7) is 4.31. The number of esters is 1. The van der Waals surface area contributed by atoms with Gasteiger partial charge in [-0.2, -0.15) is 0 Å². The number of nitrogens with one attached hydrogen (secondary N) is 1. The number of aryl methyl sites for hydroxylation is 1. The molecule has 7 heteroatoms. The molecule has 0 radical (unpaired) electrons. The van der Waals surface area contributed by atoms with Crippen molar-refractivity contribution in [3.63, 3.8) is 0 Å². The summed E-state index contributed by atoms with van der Waals surface area (Å²) in [5, 5.41) is 2.78. The molecule has 1 aromatic carbocycles. The van der Waals surface area contributed by atoms with Gasteiger partial charge in [0.25, 0.3) is 5.91 Å². The van der Waals surface area contributed by atoms with Crippen LogP contribution in [0.5, 0.6) is 0 Å². The Hall–Kier alpha value is -3.09. The van der Waals surface area contributed by atoms with Crippen LogP contribution in [0.1, 0.15) is 51.1 Å². The molecule has 142 valence electrons. The van der Waals surface area contributed by atoms with Crippen molar-refractivity contribution in [2.75, 3.05) is 18.6 Å². The first-order valence-corrected chi connectivity index (χ1v) is 8.83. The molecule has 7 nitrogen and oxygen atoms in total. The van der Waals surface area contributed by atoms with Crippen LogP contribution in [0.25, 0.3) is 0 Å². The summed E-state index contributed by atoms with van der Waals surface area (Å²) in [5.41, 5.74) is 2.74. The highest BCUT2D eigenvalue weighted by Gasteiger charge is 2.24. The van der Waals surface area contributed by atoms with Gasteiger partial charge in [0.2, 0.25) is 5.91 Å². The summed E-state index contributed by atoms with van der Waals surface area (Å²) >= 11 is 0. The number of methoxy groups -OCH3 is 1. The highest BCUT2D eigenvalue weighted by Crippen LogP contribution is 2.29. The second-order valence-corrected chi connectivity index (χ2v) is 6.35. The molecule has 1 aliphatic rings. The van der Waals surface area contributed by atoms with E-state index in [4.69, 9.17) is 4.42 Å². The molecule has 27 heavy (non-hydrogen) atoms. The van der Waals surface area contributed by atoms with Gasteiger partial charge < -0.3 is 19.4 Å². The van der Waals surface area contributed by atoms with Crippen molar-refractivity contribution >= 4 is 23.5 Å². The SMILES string of the molecule is CCC(=O)N1CCc2cc(C(=O)NCc3cc(C(=O)OC)c(C)o3)ccc21. The van der Waals surface area contributed by atoms with Crippen molar-refractivity contribution in [2.45, 2.75) is 33.2 Å². The second kappa shape index (κ2) is 7.65. The van der Waals surface area contributed by atoms with Crippen molar-refractivity contribution in [3.8, 4) is 0 Å². The molecule has 2 heterocycles. The van der Waals surface area contributed by atoms with Crippen LogP contribution in [0, 0.1) is 6.92 Å². The molecule has 1 aliphatic heterocycles. The minimum absolute atomic E-state index is 0.0838. The molecular formula is C20H22N2O5. The second-order valence-electron chi connectivity index (χ2n) is 6.35. The molecule has 0 saturated carbocycles. The van der Waals surface area contributed by atoms with Gasteiger partial charge in [0.1, 0.15) is 17.1 Å². The molecule has 1 N–H and O–H groups in total. The molecule has 2 aromatic rings. The molecular weight excluding hydrogens is 348 g/mol. The lowest BCUT2D eigenvalue weighted by molar-refractivity contribution is -0.118. The van der Waals surface area contributed by atoms with Crippen molar-refractivity contribution in [1.29, 1.82) is 0 Å². The largest absolute Gasteiger partial charge is 0.465 e. The summed E-state index contributed by atoms with van der Waals surface area (Å²) in [7, 11) is 1.30. The van der Waals surface area contributed by atoms with E-state index in [0.717, 1.165) is 17.7 Å². The van der Waals surface area contributed by atoms with Gasteiger partial charge in [0.15, 0.2) is 0 Å². The molecule has 0 spiro atoms. The van der Waals surface area contributed by atoms with Crippen LogP contribution in [-0.4, -0.2) is 31.4 Å². The van der Waals surface area contributed by atoms with Gasteiger partial charge in [-0.25, -0.2) is 4.79 Å². The number of carbonyl (C=O) groups is 3. The van der Waals surface area contributed by atoms with Gasteiger partial charge in [0.05, 0.1) is 13.7 Å². The van der Waals surface area contributed by atoms with E-state index in [2.05, 4.69) is 10.1 Å². The van der Waals surface area contributed by atoms with E-state index in [1.165, 1.54) is 7.11 Å². The standard InChI is InChI=1S/C20H22N2O5/c1-4-18(23)22-8-7-13-9-14(5-6-17(13)22)19(24)21-11-15-10-16(12(2)27-15)20(25)26-3/h5-6,9-10H,4,7-8,11H2,1-3H3,(H,21,24). The minimum atomic E-state index is -0.473. The Balaban J connectivity index is 1.67. The molecule has 0 unspecified atom stereocenters. The summed E-state index contributed by atoms with van der Waals surface area (Å²) in [5.74, 6) is 0.289. The predicted molar refractivity (Wildman–Crippen MR) is 98.7 cm³/mol. The Bertz CT molecular complexity index is 900. The molecule has 0 aliphatic carbocycles. The van der Waals surface area contributed by atoms with E-state index in [-0.39, 0.29) is 18.4 Å². The summed E-state index contributed by atoms with van der Waals surface area (Å²) in [6.07, 6.45) is 1.19. The van der Waals surface area contributed by atoms with Crippen molar-refractivity contribution in [2.24, 2.45) is 0 Å². The number of benzene rings is 1. The number of amides is 2. The number of hydrogen-bond donors (Lipinski definition) is 1. The van der Waals surface area contributed by atoms with E-state index >= 15 is 0 Å². The number of furan rings is 1. The van der Waals surface area contributed by atoms with Crippen LogP contribution in [0.15, 0.2) is 28.7 Å². The van der Waals surface area contributed by atoms with Crippen molar-refractivity contribution in [3.05, 3.63) is 52.5 Å². The van der Waals surface area contributed by atoms with Crippen LogP contribution in [0.3, 0.4) is 0 Å². The Labute approximate surface area is 157 Å². The predicted octanol–water partition coefficient (Wildman–Crippen LogP) is 2.60. The third-order valence-corrected chi connectivity index (χ3v) is 4.64. The Morgan fingerprint density at radius 3 is 2.74 bits per heavy atom. The van der Waals surface area contributed by atoms with E-state index in [0.29, 0.717) is 35.6 Å². The summed E-state index contributed by atoms with van der Waals surface area (Å²) in [4.78, 5) is 37.8. The fourth-order valence-electron chi connectivity index (χ4n) is 3.21. The number of rotatable bonds is 5. The zero-order valence-corrected chi connectivity index (χ0v) is 15.6. The Morgan fingerprint density at radius 1 is 1.26 bits per heavy atom. The number of ether oxygens (including phenoxy) is 1.